The van der Waals surface area contributed by atoms with Crippen molar-refractivity contribution in [2.75, 3.05) is 27.7 Å². The molecule has 0 saturated heterocycles. The molecule has 169 valence electrons. The van der Waals surface area contributed by atoms with Crippen LogP contribution < -0.4 is 5.11 Å². The van der Waals surface area contributed by atoms with E-state index in [0.717, 1.165) is 38.5 Å². The van der Waals surface area contributed by atoms with E-state index in [4.69, 9.17) is 4.74 Å². The predicted octanol–water partition coefficient (Wildman–Crippen LogP) is 4.08. The first-order valence-corrected chi connectivity index (χ1v) is 11.4. The first kappa shape index (κ1) is 31.2. The van der Waals surface area contributed by atoms with Crippen LogP contribution in [-0.2, 0) is 47.0 Å². The Balaban J connectivity index is 0. The summed E-state index contributed by atoms with van der Waals surface area (Å²) in [4.78, 5) is 23.9. The van der Waals surface area contributed by atoms with Gasteiger partial charge < -0.3 is 19.1 Å². The second kappa shape index (κ2) is 18.7. The SMILES string of the molecule is CCCCCCCCC(CCCCCC)C(=O)OC(CC(=O)[O-])C[N+](C)(C)C.[Y]. The molecule has 0 aromatic rings. The monoisotopic (exact) mass is 488 g/mol. The van der Waals surface area contributed by atoms with Gasteiger partial charge in [-0.25, -0.2) is 0 Å². The fourth-order valence-corrected chi connectivity index (χ4v) is 3.57. The van der Waals surface area contributed by atoms with Crippen LogP contribution in [-0.4, -0.2) is 50.2 Å². The van der Waals surface area contributed by atoms with Crippen LogP contribution in [0.2, 0.25) is 0 Å². The Hall–Kier alpha value is 0.00390. The van der Waals surface area contributed by atoms with Gasteiger partial charge in [0.2, 0.25) is 0 Å². The molecule has 0 saturated carbocycles. The van der Waals surface area contributed by atoms with Crippen LogP contribution in [0.1, 0.15) is 97.3 Å². The summed E-state index contributed by atoms with van der Waals surface area (Å²) in [5.41, 5.74) is 0. The third-order valence-electron chi connectivity index (χ3n) is 5.07. The number of carboxylic acid groups (broad SMARTS) is 1. The molecule has 2 unspecified atom stereocenters. The van der Waals surface area contributed by atoms with E-state index in [0.29, 0.717) is 11.0 Å². The summed E-state index contributed by atoms with van der Waals surface area (Å²) in [5.74, 6) is -1.49. The van der Waals surface area contributed by atoms with Crippen molar-refractivity contribution in [1.29, 1.82) is 0 Å². The molecule has 2 atom stereocenters. The van der Waals surface area contributed by atoms with Gasteiger partial charge in [-0.05, 0) is 12.8 Å². The number of aliphatic carboxylic acids is 1. The molecule has 5 nitrogen and oxygen atoms in total. The maximum Gasteiger partial charge on any atom is 0.309 e. The van der Waals surface area contributed by atoms with Gasteiger partial charge in [-0.2, -0.15) is 0 Å². The maximum absolute atomic E-state index is 12.8. The van der Waals surface area contributed by atoms with E-state index >= 15 is 0 Å². The van der Waals surface area contributed by atoms with Gasteiger partial charge in [0.1, 0.15) is 6.54 Å². The molecular formula is C23H45NO4Y. The topological polar surface area (TPSA) is 66.4 Å². The van der Waals surface area contributed by atoms with Crippen molar-refractivity contribution < 1.29 is 56.6 Å². The zero-order chi connectivity index (χ0) is 21.4. The van der Waals surface area contributed by atoms with Crippen LogP contribution in [0.25, 0.3) is 0 Å². The average Bonchev–Trinajstić information content (AvgIpc) is 2.57. The standard InChI is InChI=1S/C23H45NO4.Y/c1-6-8-10-12-13-15-17-20(16-14-11-9-7-2)23(27)28-21(18-22(25)26)19-24(3,4)5;/h20-21H,6-19H2,1-5H3;. The summed E-state index contributed by atoms with van der Waals surface area (Å²) in [7, 11) is 5.90. The van der Waals surface area contributed by atoms with Gasteiger partial charge in [0.25, 0.3) is 0 Å². The van der Waals surface area contributed by atoms with Crippen LogP contribution >= 0.6 is 0 Å². The van der Waals surface area contributed by atoms with E-state index in [-0.39, 0.29) is 51.0 Å². The number of carbonyl (C=O) groups excluding carboxylic acids is 2. The number of nitrogens with zero attached hydrogens (tertiary/aromatic N) is 1. The van der Waals surface area contributed by atoms with Crippen LogP contribution in [0.3, 0.4) is 0 Å². The van der Waals surface area contributed by atoms with Gasteiger partial charge in [0.05, 0.1) is 27.1 Å². The molecule has 0 spiro atoms. The van der Waals surface area contributed by atoms with Gasteiger partial charge in [-0.3, -0.25) is 4.79 Å². The molecule has 0 aromatic carbocycles. The summed E-state index contributed by atoms with van der Waals surface area (Å²) in [5, 5.41) is 11.1. The largest absolute Gasteiger partial charge is 0.550 e. The molecule has 6 heteroatoms. The van der Waals surface area contributed by atoms with E-state index < -0.39 is 12.1 Å². The summed E-state index contributed by atoms with van der Waals surface area (Å²) in [6.07, 6.45) is 12.5. The minimum absolute atomic E-state index is 0. The fraction of sp³-hybridized carbons (Fsp3) is 0.913. The first-order valence-electron chi connectivity index (χ1n) is 11.4. The van der Waals surface area contributed by atoms with Crippen molar-refractivity contribution in [1.82, 2.24) is 0 Å². The molecule has 0 aliphatic heterocycles. The molecule has 0 bridgehead atoms. The van der Waals surface area contributed by atoms with Gasteiger partial charge >= 0.3 is 5.97 Å². The van der Waals surface area contributed by atoms with Crippen molar-refractivity contribution in [3.63, 3.8) is 0 Å². The molecule has 0 rings (SSSR count). The predicted molar refractivity (Wildman–Crippen MR) is 113 cm³/mol. The Labute approximate surface area is 204 Å². The van der Waals surface area contributed by atoms with Gasteiger partial charge in [0, 0.05) is 45.1 Å². The summed E-state index contributed by atoms with van der Waals surface area (Å²) in [6, 6.07) is 0. The summed E-state index contributed by atoms with van der Waals surface area (Å²) in [6.45, 7) is 4.86. The average molecular weight is 489 g/mol. The normalized spacial score (nSPS) is 13.4. The Morgan fingerprint density at radius 1 is 0.828 bits per heavy atom. The molecule has 0 aliphatic rings. The zero-order valence-corrected chi connectivity index (χ0v) is 22.6. The third kappa shape index (κ3) is 19.7. The number of likely N-dealkylation sites (N-methyl/N-ethyl adjacent to an activating group) is 1. The van der Waals surface area contributed by atoms with Crippen molar-refractivity contribution in [2.24, 2.45) is 5.92 Å². The van der Waals surface area contributed by atoms with E-state index in [1.807, 2.05) is 21.1 Å². The number of esters is 1. The number of carboxylic acids is 1. The second-order valence-electron chi connectivity index (χ2n) is 9.21. The minimum atomic E-state index is -1.17. The molecule has 0 amide bonds. The summed E-state index contributed by atoms with van der Waals surface area (Å²) >= 11 is 0. The molecule has 29 heavy (non-hydrogen) atoms. The van der Waals surface area contributed by atoms with Crippen molar-refractivity contribution >= 4 is 11.9 Å². The fourth-order valence-electron chi connectivity index (χ4n) is 3.57. The van der Waals surface area contributed by atoms with Crippen LogP contribution in [0.4, 0.5) is 0 Å². The van der Waals surface area contributed by atoms with E-state index in [1.165, 1.54) is 38.5 Å². The van der Waals surface area contributed by atoms with E-state index in [2.05, 4.69) is 13.8 Å². The zero-order valence-electron chi connectivity index (χ0n) is 19.7. The number of unbranched alkanes of at least 4 members (excludes halogenated alkanes) is 8. The molecule has 0 N–H and O–H groups in total. The molecule has 1 radical (unpaired) electrons. The number of hydrogen-bond donors (Lipinski definition) is 0. The molecule has 0 heterocycles. The molecule has 0 aliphatic carbocycles. The van der Waals surface area contributed by atoms with E-state index in [1.54, 1.807) is 0 Å². The minimum Gasteiger partial charge on any atom is -0.550 e. The molecule has 0 fully saturated rings. The quantitative estimate of drug-likeness (QED) is 0.166. The van der Waals surface area contributed by atoms with Gasteiger partial charge in [-0.15, -0.1) is 0 Å². The number of hydrogen-bond acceptors (Lipinski definition) is 4. The van der Waals surface area contributed by atoms with Gasteiger partial charge in [0.15, 0.2) is 6.10 Å². The maximum atomic E-state index is 12.8. The van der Waals surface area contributed by atoms with Crippen molar-refractivity contribution in [3.05, 3.63) is 0 Å². The van der Waals surface area contributed by atoms with Crippen LogP contribution in [0, 0.1) is 5.92 Å². The Kier molecular flexibility index (Phi) is 20.2. The molecule has 0 aromatic heterocycles. The molecular weight excluding hydrogens is 443 g/mol. The Morgan fingerprint density at radius 3 is 1.72 bits per heavy atom. The Morgan fingerprint density at radius 2 is 1.28 bits per heavy atom. The number of ether oxygens (including phenoxy) is 1. The second-order valence-corrected chi connectivity index (χ2v) is 9.21. The summed E-state index contributed by atoms with van der Waals surface area (Å²) < 4.78 is 6.22. The van der Waals surface area contributed by atoms with E-state index in [9.17, 15) is 14.7 Å². The Bertz CT molecular complexity index is 424. The van der Waals surface area contributed by atoms with Gasteiger partial charge in [-0.1, -0.05) is 78.1 Å². The number of rotatable bonds is 18. The van der Waals surface area contributed by atoms with Crippen LogP contribution in [0.5, 0.6) is 0 Å². The van der Waals surface area contributed by atoms with Crippen molar-refractivity contribution in [2.45, 2.75) is 103 Å². The van der Waals surface area contributed by atoms with Crippen LogP contribution in [0.15, 0.2) is 0 Å². The first-order chi connectivity index (χ1) is 13.2. The van der Waals surface area contributed by atoms with Crippen molar-refractivity contribution in [3.8, 4) is 0 Å². The number of quaternary nitrogens is 1. The smallest absolute Gasteiger partial charge is 0.309 e. The third-order valence-corrected chi connectivity index (χ3v) is 5.07. The number of carbonyl (C=O) groups is 2.